The molecule has 1 aromatic rings. The molecule has 0 saturated heterocycles. The van der Waals surface area contributed by atoms with E-state index in [1.165, 1.54) is 10.6 Å². The van der Waals surface area contributed by atoms with E-state index in [1.54, 1.807) is 31.1 Å². The van der Waals surface area contributed by atoms with E-state index in [-0.39, 0.29) is 11.5 Å². The number of hydrogen-bond donors (Lipinski definition) is 2. The van der Waals surface area contributed by atoms with Gasteiger partial charge in [-0.2, -0.15) is 11.8 Å². The minimum Gasteiger partial charge on any atom is -0.383 e. The molecule has 3 N–H and O–H groups in total. The number of amides is 1. The Bertz CT molecular complexity index is 490. The summed E-state index contributed by atoms with van der Waals surface area (Å²) in [6.07, 6.45) is 4.19. The highest BCUT2D eigenvalue weighted by atomic mass is 32.2. The van der Waals surface area contributed by atoms with Gasteiger partial charge in [0.05, 0.1) is 18.3 Å². The molecule has 0 bridgehead atoms. The molecule has 1 rings (SSSR count). The van der Waals surface area contributed by atoms with Crippen LogP contribution in [0.5, 0.6) is 0 Å². The molecule has 112 valence electrons. The van der Waals surface area contributed by atoms with Crippen molar-refractivity contribution < 1.29 is 9.53 Å². The quantitative estimate of drug-likeness (QED) is 0.730. The molecule has 1 aromatic heterocycles. The van der Waals surface area contributed by atoms with Gasteiger partial charge < -0.3 is 20.4 Å². The van der Waals surface area contributed by atoms with Gasteiger partial charge in [0.1, 0.15) is 0 Å². The van der Waals surface area contributed by atoms with E-state index in [1.807, 2.05) is 6.26 Å². The van der Waals surface area contributed by atoms with Crippen LogP contribution in [0.1, 0.15) is 6.42 Å². The number of rotatable bonds is 8. The van der Waals surface area contributed by atoms with Gasteiger partial charge in [-0.15, -0.1) is 0 Å². The number of ether oxygens (including phenoxy) is 1. The van der Waals surface area contributed by atoms with Crippen molar-refractivity contribution in [2.24, 2.45) is 5.73 Å². The molecular formula is C13H21N3O3S. The number of nitrogens with two attached hydrogens (primary N) is 1. The topological polar surface area (TPSA) is 86.3 Å². The number of methoxy groups -OCH3 is 1. The average Bonchev–Trinajstić information content (AvgIpc) is 2.45. The maximum atomic E-state index is 11.9. The van der Waals surface area contributed by atoms with E-state index >= 15 is 0 Å². The fourth-order valence-electron chi connectivity index (χ4n) is 1.58. The molecular weight excluding hydrogens is 278 g/mol. The monoisotopic (exact) mass is 299 g/mol. The molecule has 1 heterocycles. The van der Waals surface area contributed by atoms with Gasteiger partial charge in [-0.3, -0.25) is 9.59 Å². The number of anilines is 1. The first-order valence-electron chi connectivity index (χ1n) is 6.33. The van der Waals surface area contributed by atoms with E-state index in [0.717, 1.165) is 5.75 Å². The summed E-state index contributed by atoms with van der Waals surface area (Å²) in [4.78, 5) is 23.5. The lowest BCUT2D eigenvalue weighted by Crippen LogP contribution is -2.36. The molecule has 0 unspecified atom stereocenters. The highest BCUT2D eigenvalue weighted by Crippen LogP contribution is 2.06. The number of nitrogens with zero attached hydrogens (tertiary/aromatic N) is 1. The summed E-state index contributed by atoms with van der Waals surface area (Å²) < 4.78 is 6.43. The van der Waals surface area contributed by atoms with Crippen LogP contribution in [0.2, 0.25) is 0 Å². The predicted octanol–water partition coefficient (Wildman–Crippen LogP) is 0.514. The van der Waals surface area contributed by atoms with Gasteiger partial charge in [0.2, 0.25) is 5.91 Å². The highest BCUT2D eigenvalue weighted by Gasteiger charge is 2.13. The Morgan fingerprint density at radius 1 is 1.55 bits per heavy atom. The lowest BCUT2D eigenvalue weighted by atomic mass is 10.2. The Balaban J connectivity index is 2.67. The Kier molecular flexibility index (Phi) is 7.35. The van der Waals surface area contributed by atoms with E-state index in [0.29, 0.717) is 25.3 Å². The van der Waals surface area contributed by atoms with Crippen molar-refractivity contribution in [1.82, 2.24) is 4.57 Å². The van der Waals surface area contributed by atoms with Gasteiger partial charge in [-0.05, 0) is 24.5 Å². The second-order valence-electron chi connectivity index (χ2n) is 4.32. The molecule has 6 nitrogen and oxygen atoms in total. The summed E-state index contributed by atoms with van der Waals surface area (Å²) in [6, 6.07) is 2.45. The molecule has 20 heavy (non-hydrogen) atoms. The lowest BCUT2D eigenvalue weighted by Gasteiger charge is -2.13. The molecule has 1 atom stereocenters. The maximum Gasteiger partial charge on any atom is 0.250 e. The normalized spacial score (nSPS) is 12.2. The van der Waals surface area contributed by atoms with Crippen LogP contribution in [-0.2, 0) is 16.1 Å². The van der Waals surface area contributed by atoms with Gasteiger partial charge in [0, 0.05) is 25.9 Å². The second-order valence-corrected chi connectivity index (χ2v) is 5.31. The fraction of sp³-hybridized carbons (Fsp3) is 0.538. The summed E-state index contributed by atoms with van der Waals surface area (Å²) in [7, 11) is 1.57. The van der Waals surface area contributed by atoms with Crippen LogP contribution in [0.15, 0.2) is 23.1 Å². The maximum absolute atomic E-state index is 11.9. The average molecular weight is 299 g/mol. The van der Waals surface area contributed by atoms with Crippen molar-refractivity contribution in [3.63, 3.8) is 0 Å². The third-order valence-corrected chi connectivity index (χ3v) is 3.40. The van der Waals surface area contributed by atoms with E-state index in [4.69, 9.17) is 10.5 Å². The standard InChI is InChI=1S/C13H21N3O3S/c1-19-7-6-16-9-10(3-4-12(16)17)15-13(18)11(14)5-8-20-2/h3-4,9,11H,5-8,14H2,1-2H3,(H,15,18)/t11-/m1/s1. The number of pyridine rings is 1. The molecule has 0 aliphatic carbocycles. The first-order valence-corrected chi connectivity index (χ1v) is 7.72. The Labute approximate surface area is 122 Å². The third kappa shape index (κ3) is 5.36. The Hall–Kier alpha value is -1.31. The van der Waals surface area contributed by atoms with E-state index in [2.05, 4.69) is 5.32 Å². The van der Waals surface area contributed by atoms with Crippen LogP contribution in [0, 0.1) is 0 Å². The number of carbonyl (C=O) groups is 1. The van der Waals surface area contributed by atoms with Crippen LogP contribution < -0.4 is 16.6 Å². The molecule has 0 aromatic carbocycles. The van der Waals surface area contributed by atoms with Gasteiger partial charge in [0.25, 0.3) is 5.56 Å². The number of nitrogens with one attached hydrogen (secondary N) is 1. The zero-order chi connectivity index (χ0) is 15.0. The smallest absolute Gasteiger partial charge is 0.250 e. The summed E-state index contributed by atoms with van der Waals surface area (Å²) in [6.45, 7) is 0.877. The van der Waals surface area contributed by atoms with Crippen LogP contribution in [0.25, 0.3) is 0 Å². The number of aromatic nitrogens is 1. The minimum absolute atomic E-state index is 0.133. The van der Waals surface area contributed by atoms with Gasteiger partial charge in [-0.25, -0.2) is 0 Å². The zero-order valence-electron chi connectivity index (χ0n) is 11.8. The SMILES string of the molecule is COCCn1cc(NC(=O)[C@H](N)CCSC)ccc1=O. The molecule has 0 aliphatic rings. The number of thioether (sulfide) groups is 1. The van der Waals surface area contributed by atoms with Crippen LogP contribution >= 0.6 is 11.8 Å². The van der Waals surface area contributed by atoms with Gasteiger partial charge >= 0.3 is 0 Å². The molecule has 0 aliphatic heterocycles. The summed E-state index contributed by atoms with van der Waals surface area (Å²) in [5, 5.41) is 2.72. The minimum atomic E-state index is -0.540. The summed E-state index contributed by atoms with van der Waals surface area (Å²) in [5.74, 6) is 0.595. The highest BCUT2D eigenvalue weighted by molar-refractivity contribution is 7.98. The summed E-state index contributed by atoms with van der Waals surface area (Å²) >= 11 is 1.65. The van der Waals surface area contributed by atoms with Gasteiger partial charge in [0.15, 0.2) is 0 Å². The van der Waals surface area contributed by atoms with Crippen LogP contribution in [0.3, 0.4) is 0 Å². The molecule has 1 amide bonds. The number of hydrogen-bond acceptors (Lipinski definition) is 5. The Morgan fingerprint density at radius 2 is 2.30 bits per heavy atom. The van der Waals surface area contributed by atoms with Crippen molar-refractivity contribution in [3.8, 4) is 0 Å². The second kappa shape index (κ2) is 8.78. The zero-order valence-corrected chi connectivity index (χ0v) is 12.6. The van der Waals surface area contributed by atoms with E-state index < -0.39 is 6.04 Å². The largest absolute Gasteiger partial charge is 0.383 e. The molecule has 0 fully saturated rings. The van der Waals surface area contributed by atoms with Crippen molar-refractivity contribution >= 4 is 23.4 Å². The summed E-state index contributed by atoms with van der Waals surface area (Å²) in [5.41, 5.74) is 6.21. The van der Waals surface area contributed by atoms with Crippen molar-refractivity contribution in [2.75, 3.05) is 31.0 Å². The van der Waals surface area contributed by atoms with Crippen LogP contribution in [-0.4, -0.2) is 42.2 Å². The van der Waals surface area contributed by atoms with Crippen molar-refractivity contribution in [2.45, 2.75) is 19.0 Å². The molecule has 7 heteroatoms. The van der Waals surface area contributed by atoms with Crippen LogP contribution in [0.4, 0.5) is 5.69 Å². The van der Waals surface area contributed by atoms with Crippen molar-refractivity contribution in [1.29, 1.82) is 0 Å². The van der Waals surface area contributed by atoms with Gasteiger partial charge in [-0.1, -0.05) is 0 Å². The number of carbonyl (C=O) groups excluding carboxylic acids is 1. The first-order chi connectivity index (χ1) is 9.58. The van der Waals surface area contributed by atoms with E-state index in [9.17, 15) is 9.59 Å². The third-order valence-electron chi connectivity index (χ3n) is 2.76. The lowest BCUT2D eigenvalue weighted by molar-refractivity contribution is -0.117. The molecule has 0 spiro atoms. The predicted molar refractivity (Wildman–Crippen MR) is 82.2 cm³/mol. The molecule has 0 radical (unpaired) electrons. The fourth-order valence-corrected chi connectivity index (χ4v) is 2.07. The first kappa shape index (κ1) is 16.7. The van der Waals surface area contributed by atoms with Crippen molar-refractivity contribution in [3.05, 3.63) is 28.7 Å². The molecule has 0 saturated carbocycles. The Morgan fingerprint density at radius 3 is 2.95 bits per heavy atom.